The van der Waals surface area contributed by atoms with Gasteiger partial charge in [0.25, 0.3) is 11.8 Å². The van der Waals surface area contributed by atoms with Gasteiger partial charge in [0.15, 0.2) is 0 Å². The lowest BCUT2D eigenvalue weighted by atomic mass is 10.0. The summed E-state index contributed by atoms with van der Waals surface area (Å²) in [5.74, 6) is -1.37. The van der Waals surface area contributed by atoms with Crippen LogP contribution in [0.5, 0.6) is 0 Å². The summed E-state index contributed by atoms with van der Waals surface area (Å²) in [5.41, 5.74) is 3.05. The zero-order valence-electron chi connectivity index (χ0n) is 18.3. The average molecular weight is 450 g/mol. The summed E-state index contributed by atoms with van der Waals surface area (Å²) in [7, 11) is 0. The Morgan fingerprint density at radius 2 is 1.35 bits per heavy atom. The fourth-order valence-corrected chi connectivity index (χ4v) is 4.14. The third-order valence-corrected chi connectivity index (χ3v) is 5.80. The number of nitrogens with one attached hydrogen (secondary N) is 1. The predicted octanol–water partition coefficient (Wildman–Crippen LogP) is 3.78. The molecule has 1 N–H and O–H groups in total. The van der Waals surface area contributed by atoms with E-state index in [2.05, 4.69) is 10.4 Å². The van der Waals surface area contributed by atoms with E-state index in [0.29, 0.717) is 23.4 Å². The first-order chi connectivity index (χ1) is 16.6. The molecule has 5 rings (SSSR count). The smallest absolute Gasteiger partial charge is 0.262 e. The number of carbonyl (C=O) groups is 3. The lowest BCUT2D eigenvalue weighted by Crippen LogP contribution is -2.48. The van der Waals surface area contributed by atoms with Gasteiger partial charge in [-0.15, -0.1) is 0 Å². The Morgan fingerprint density at radius 3 is 1.97 bits per heavy atom. The summed E-state index contributed by atoms with van der Waals surface area (Å²) < 4.78 is 1.72. The monoisotopic (exact) mass is 450 g/mol. The number of hydrogen-bond acceptors (Lipinski definition) is 4. The Balaban J connectivity index is 1.39. The minimum Gasteiger partial charge on any atom is -0.322 e. The largest absolute Gasteiger partial charge is 0.322 e. The molecule has 1 unspecified atom stereocenters. The van der Waals surface area contributed by atoms with Crippen molar-refractivity contribution in [1.29, 1.82) is 0 Å². The molecule has 0 bridgehead atoms. The number of hydrogen-bond donors (Lipinski definition) is 1. The predicted molar refractivity (Wildman–Crippen MR) is 127 cm³/mol. The highest BCUT2D eigenvalue weighted by Crippen LogP contribution is 2.26. The van der Waals surface area contributed by atoms with E-state index >= 15 is 0 Å². The maximum absolute atomic E-state index is 13.4. The molecule has 1 aliphatic heterocycles. The van der Waals surface area contributed by atoms with Gasteiger partial charge in [-0.05, 0) is 23.3 Å². The van der Waals surface area contributed by atoms with Gasteiger partial charge in [0.1, 0.15) is 6.04 Å². The summed E-state index contributed by atoms with van der Waals surface area (Å²) >= 11 is 0. The number of aromatic nitrogens is 2. The van der Waals surface area contributed by atoms with Crippen LogP contribution in [-0.2, 0) is 17.8 Å². The summed E-state index contributed by atoms with van der Waals surface area (Å²) in [4.78, 5) is 40.7. The highest BCUT2D eigenvalue weighted by molar-refractivity contribution is 6.23. The average Bonchev–Trinajstić information content (AvgIpc) is 3.40. The Morgan fingerprint density at radius 1 is 0.794 bits per heavy atom. The number of benzene rings is 3. The number of carbonyl (C=O) groups excluding carboxylic acids is 3. The van der Waals surface area contributed by atoms with E-state index < -0.39 is 23.8 Å². The molecule has 7 nitrogen and oxygen atoms in total. The molecular formula is C27H22N4O3. The quantitative estimate of drug-likeness (QED) is 0.435. The third-order valence-electron chi connectivity index (χ3n) is 5.80. The summed E-state index contributed by atoms with van der Waals surface area (Å²) in [6, 6.07) is 24.8. The van der Waals surface area contributed by atoms with Crippen LogP contribution < -0.4 is 5.32 Å². The van der Waals surface area contributed by atoms with Gasteiger partial charge < -0.3 is 5.32 Å². The van der Waals surface area contributed by atoms with Crippen molar-refractivity contribution >= 4 is 23.4 Å². The van der Waals surface area contributed by atoms with Crippen LogP contribution in [0, 0.1) is 0 Å². The lowest BCUT2D eigenvalue weighted by Gasteiger charge is -2.25. The molecule has 0 spiro atoms. The van der Waals surface area contributed by atoms with E-state index in [9.17, 15) is 14.4 Å². The van der Waals surface area contributed by atoms with Crippen molar-refractivity contribution in [1.82, 2.24) is 14.7 Å². The second kappa shape index (κ2) is 9.15. The normalized spacial score (nSPS) is 13.6. The molecule has 0 saturated heterocycles. The first-order valence-electron chi connectivity index (χ1n) is 11.0. The minimum absolute atomic E-state index is 0.205. The molecule has 0 saturated carbocycles. The van der Waals surface area contributed by atoms with Crippen LogP contribution in [0.2, 0.25) is 0 Å². The molecule has 7 heteroatoms. The van der Waals surface area contributed by atoms with Gasteiger partial charge in [0.05, 0.1) is 29.6 Å². The van der Waals surface area contributed by atoms with Gasteiger partial charge in [0.2, 0.25) is 5.91 Å². The number of anilines is 1. The zero-order chi connectivity index (χ0) is 23.5. The van der Waals surface area contributed by atoms with Crippen molar-refractivity contribution in [2.24, 2.45) is 0 Å². The van der Waals surface area contributed by atoms with Gasteiger partial charge in [-0.1, -0.05) is 72.8 Å². The molecule has 4 aromatic rings. The standard InChI is InChI=1S/C27H22N4O3/c32-25(29-21-16-28-30(18-21)17-20-11-5-2-6-12-20)24(15-19-9-3-1-4-10-19)31-26(33)22-13-7-8-14-23(22)27(31)34/h1-14,16,18,24H,15,17H2,(H,29,32). The first kappa shape index (κ1) is 21.3. The van der Waals surface area contributed by atoms with Crippen LogP contribution in [0.4, 0.5) is 5.69 Å². The van der Waals surface area contributed by atoms with Crippen molar-refractivity contribution in [2.75, 3.05) is 5.32 Å². The summed E-state index contributed by atoms with van der Waals surface area (Å²) in [5, 5.41) is 7.17. The highest BCUT2D eigenvalue weighted by Gasteiger charge is 2.42. The van der Waals surface area contributed by atoms with Crippen LogP contribution in [0.15, 0.2) is 97.3 Å². The molecule has 1 aromatic heterocycles. The molecule has 0 radical (unpaired) electrons. The molecule has 1 atom stereocenters. The molecule has 3 amide bonds. The molecular weight excluding hydrogens is 428 g/mol. The van der Waals surface area contributed by atoms with Crippen molar-refractivity contribution in [3.8, 4) is 0 Å². The number of fused-ring (bicyclic) bond motifs is 1. The van der Waals surface area contributed by atoms with Crippen LogP contribution in [-0.4, -0.2) is 38.4 Å². The van der Waals surface area contributed by atoms with E-state index in [1.165, 1.54) is 0 Å². The molecule has 0 aliphatic carbocycles. The van der Waals surface area contributed by atoms with Crippen molar-refractivity contribution < 1.29 is 14.4 Å². The van der Waals surface area contributed by atoms with Crippen LogP contribution in [0.3, 0.4) is 0 Å². The maximum Gasteiger partial charge on any atom is 0.262 e. The van der Waals surface area contributed by atoms with E-state index in [-0.39, 0.29) is 6.42 Å². The van der Waals surface area contributed by atoms with Crippen LogP contribution >= 0.6 is 0 Å². The molecule has 34 heavy (non-hydrogen) atoms. The summed E-state index contributed by atoms with van der Waals surface area (Å²) in [6.45, 7) is 0.558. The van der Waals surface area contributed by atoms with Crippen molar-refractivity contribution in [3.05, 3.63) is 120 Å². The number of rotatable bonds is 7. The van der Waals surface area contributed by atoms with E-state index in [4.69, 9.17) is 0 Å². The first-order valence-corrected chi connectivity index (χ1v) is 11.0. The zero-order valence-corrected chi connectivity index (χ0v) is 18.3. The summed E-state index contributed by atoms with van der Waals surface area (Å²) in [6.07, 6.45) is 3.49. The molecule has 1 aliphatic rings. The van der Waals surface area contributed by atoms with Crippen molar-refractivity contribution in [3.63, 3.8) is 0 Å². The van der Waals surface area contributed by atoms with E-state index in [1.54, 1.807) is 41.3 Å². The Bertz CT molecular complexity index is 1310. The third kappa shape index (κ3) is 4.23. The Kier molecular flexibility index (Phi) is 5.74. The molecule has 3 aromatic carbocycles. The second-order valence-corrected chi connectivity index (χ2v) is 8.13. The van der Waals surface area contributed by atoms with E-state index in [0.717, 1.165) is 16.0 Å². The fraction of sp³-hybridized carbons (Fsp3) is 0.111. The van der Waals surface area contributed by atoms with Gasteiger partial charge >= 0.3 is 0 Å². The highest BCUT2D eigenvalue weighted by atomic mass is 16.2. The fourth-order valence-electron chi connectivity index (χ4n) is 4.14. The van der Waals surface area contributed by atoms with Crippen molar-refractivity contribution in [2.45, 2.75) is 19.0 Å². The van der Waals surface area contributed by atoms with Crippen LogP contribution in [0.1, 0.15) is 31.8 Å². The second-order valence-electron chi connectivity index (χ2n) is 8.13. The molecule has 0 fully saturated rings. The van der Waals surface area contributed by atoms with Gasteiger partial charge in [-0.3, -0.25) is 24.0 Å². The molecule has 168 valence electrons. The minimum atomic E-state index is -1.01. The Labute approximate surface area is 196 Å². The molecule has 2 heterocycles. The number of imide groups is 1. The number of nitrogens with zero attached hydrogens (tertiary/aromatic N) is 3. The topological polar surface area (TPSA) is 84.3 Å². The van der Waals surface area contributed by atoms with Gasteiger partial charge in [-0.25, -0.2) is 0 Å². The Hall–Kier alpha value is -4.52. The maximum atomic E-state index is 13.4. The van der Waals surface area contributed by atoms with Gasteiger partial charge in [-0.2, -0.15) is 5.10 Å². The SMILES string of the molecule is O=C(Nc1cnn(Cc2ccccc2)c1)C(Cc1ccccc1)N1C(=O)c2ccccc2C1=O. The van der Waals surface area contributed by atoms with Gasteiger partial charge in [0, 0.05) is 12.6 Å². The van der Waals surface area contributed by atoms with E-state index in [1.807, 2.05) is 60.7 Å². The van der Waals surface area contributed by atoms with Crippen LogP contribution in [0.25, 0.3) is 0 Å². The lowest BCUT2D eigenvalue weighted by molar-refractivity contribution is -0.119. The number of amides is 3.